The van der Waals surface area contributed by atoms with Gasteiger partial charge in [0, 0.05) is 4.47 Å². The quantitative estimate of drug-likeness (QED) is 0.654. The molecule has 2 aromatic carbocycles. The van der Waals surface area contributed by atoms with Crippen molar-refractivity contribution in [2.24, 2.45) is 0 Å². The van der Waals surface area contributed by atoms with Crippen LogP contribution in [-0.2, 0) is 9.59 Å². The smallest absolute Gasteiger partial charge is 0.279 e. The van der Waals surface area contributed by atoms with Gasteiger partial charge >= 0.3 is 0 Å². The Kier molecular flexibility index (Phi) is 7.67. The van der Waals surface area contributed by atoms with Crippen molar-refractivity contribution >= 4 is 27.7 Å². The first-order valence-electron chi connectivity index (χ1n) is 8.60. The van der Waals surface area contributed by atoms with Gasteiger partial charge in [0.2, 0.25) is 0 Å². The Morgan fingerprint density at radius 1 is 1.07 bits per heavy atom. The van der Waals surface area contributed by atoms with Crippen LogP contribution in [0.25, 0.3) is 0 Å². The van der Waals surface area contributed by atoms with Crippen molar-refractivity contribution in [3.63, 3.8) is 0 Å². The third-order valence-corrected chi connectivity index (χ3v) is 4.65. The van der Waals surface area contributed by atoms with E-state index >= 15 is 0 Å². The minimum Gasteiger partial charge on any atom is -0.484 e. The Hall–Kier alpha value is -2.54. The fraction of sp³-hybridized carbons (Fsp3) is 0.300. The van der Waals surface area contributed by atoms with Crippen molar-refractivity contribution in [1.29, 1.82) is 0 Å². The van der Waals surface area contributed by atoms with E-state index in [0.29, 0.717) is 17.9 Å². The Balaban J connectivity index is 1.80. The fourth-order valence-electron chi connectivity index (χ4n) is 2.28. The highest BCUT2D eigenvalue weighted by atomic mass is 79.9. The predicted molar refractivity (Wildman–Crippen MR) is 107 cm³/mol. The zero-order valence-electron chi connectivity index (χ0n) is 15.5. The average molecular weight is 435 g/mol. The lowest BCUT2D eigenvalue weighted by Gasteiger charge is -2.18. The molecule has 0 saturated heterocycles. The third-order valence-electron chi connectivity index (χ3n) is 3.76. The van der Waals surface area contributed by atoms with Crippen molar-refractivity contribution in [1.82, 2.24) is 10.9 Å². The van der Waals surface area contributed by atoms with Crippen LogP contribution in [-0.4, -0.2) is 24.5 Å². The highest BCUT2D eigenvalue weighted by Gasteiger charge is 2.19. The topological polar surface area (TPSA) is 76.7 Å². The number of amides is 2. The SMILES string of the molecule is CCC(Oc1cccc(C)c1)C(=O)NNC(=O)COc1ccc(Br)c(C)c1. The summed E-state index contributed by atoms with van der Waals surface area (Å²) in [5.74, 6) is 0.296. The summed E-state index contributed by atoms with van der Waals surface area (Å²) in [6.45, 7) is 5.50. The van der Waals surface area contributed by atoms with E-state index < -0.39 is 17.9 Å². The number of aryl methyl sites for hydroxylation is 2. The molecule has 6 nitrogen and oxygen atoms in total. The van der Waals surface area contributed by atoms with Crippen LogP contribution in [0.2, 0.25) is 0 Å². The molecule has 144 valence electrons. The van der Waals surface area contributed by atoms with Crippen LogP contribution < -0.4 is 20.3 Å². The summed E-state index contributed by atoms with van der Waals surface area (Å²) in [4.78, 5) is 24.1. The maximum absolute atomic E-state index is 12.2. The van der Waals surface area contributed by atoms with Gasteiger partial charge in [-0.15, -0.1) is 0 Å². The Morgan fingerprint density at radius 2 is 1.85 bits per heavy atom. The molecular formula is C20H23BrN2O4. The first-order valence-corrected chi connectivity index (χ1v) is 9.39. The third kappa shape index (κ3) is 6.60. The fourth-order valence-corrected chi connectivity index (χ4v) is 2.53. The second kappa shape index (κ2) is 9.97. The number of carbonyl (C=O) groups is 2. The molecule has 0 heterocycles. The molecule has 27 heavy (non-hydrogen) atoms. The number of hydrazine groups is 1. The summed E-state index contributed by atoms with van der Waals surface area (Å²) < 4.78 is 12.1. The van der Waals surface area contributed by atoms with Crippen LogP contribution >= 0.6 is 15.9 Å². The lowest BCUT2D eigenvalue weighted by molar-refractivity contribution is -0.134. The maximum atomic E-state index is 12.2. The van der Waals surface area contributed by atoms with Gasteiger partial charge in [0.1, 0.15) is 11.5 Å². The van der Waals surface area contributed by atoms with Gasteiger partial charge in [0.05, 0.1) is 0 Å². The molecular weight excluding hydrogens is 412 g/mol. The van der Waals surface area contributed by atoms with Crippen molar-refractivity contribution < 1.29 is 19.1 Å². The van der Waals surface area contributed by atoms with E-state index in [1.54, 1.807) is 12.1 Å². The molecule has 7 heteroatoms. The predicted octanol–water partition coefficient (Wildman–Crippen LogP) is 3.45. The van der Waals surface area contributed by atoms with Crippen molar-refractivity contribution in [2.45, 2.75) is 33.3 Å². The molecule has 0 aliphatic rings. The van der Waals surface area contributed by atoms with Crippen LogP contribution in [0, 0.1) is 13.8 Å². The van der Waals surface area contributed by atoms with E-state index in [0.717, 1.165) is 15.6 Å². The second-order valence-electron chi connectivity index (χ2n) is 6.07. The first-order chi connectivity index (χ1) is 12.9. The molecule has 0 aliphatic carbocycles. The number of halogens is 1. The average Bonchev–Trinajstić information content (AvgIpc) is 2.65. The Bertz CT molecular complexity index is 810. The van der Waals surface area contributed by atoms with Crippen molar-refractivity contribution in [3.8, 4) is 11.5 Å². The number of hydrogen-bond acceptors (Lipinski definition) is 4. The van der Waals surface area contributed by atoms with Gasteiger partial charge < -0.3 is 9.47 Å². The molecule has 0 aliphatic heterocycles. The maximum Gasteiger partial charge on any atom is 0.279 e. The van der Waals surface area contributed by atoms with Gasteiger partial charge in [0.25, 0.3) is 11.8 Å². The van der Waals surface area contributed by atoms with E-state index in [4.69, 9.17) is 9.47 Å². The van der Waals surface area contributed by atoms with E-state index in [2.05, 4.69) is 26.8 Å². The highest BCUT2D eigenvalue weighted by molar-refractivity contribution is 9.10. The van der Waals surface area contributed by atoms with Crippen molar-refractivity contribution in [3.05, 3.63) is 58.1 Å². The van der Waals surface area contributed by atoms with Gasteiger partial charge in [-0.25, -0.2) is 0 Å². The van der Waals surface area contributed by atoms with E-state index in [-0.39, 0.29) is 6.61 Å². The van der Waals surface area contributed by atoms with Crippen molar-refractivity contribution in [2.75, 3.05) is 6.61 Å². The molecule has 0 bridgehead atoms. The Labute approximate surface area is 167 Å². The minimum absolute atomic E-state index is 0.211. The monoisotopic (exact) mass is 434 g/mol. The second-order valence-corrected chi connectivity index (χ2v) is 6.92. The van der Waals surface area contributed by atoms with Crippen LogP contribution in [0.1, 0.15) is 24.5 Å². The summed E-state index contributed by atoms with van der Waals surface area (Å²) in [5, 5.41) is 0. The molecule has 1 atom stereocenters. The summed E-state index contributed by atoms with van der Waals surface area (Å²) in [6.07, 6.45) is -0.244. The van der Waals surface area contributed by atoms with E-state index in [9.17, 15) is 9.59 Å². The lowest BCUT2D eigenvalue weighted by Crippen LogP contribution is -2.49. The molecule has 0 radical (unpaired) electrons. The number of rotatable bonds is 7. The molecule has 0 fully saturated rings. The molecule has 0 saturated carbocycles. The standard InChI is InChI=1S/C20H23BrN2O4/c1-4-18(27-16-7-5-6-13(2)10-16)20(25)23-22-19(24)12-26-15-8-9-17(21)14(3)11-15/h5-11,18H,4,12H2,1-3H3,(H,22,24)(H,23,25). The number of carbonyl (C=O) groups excluding carboxylic acids is 2. The molecule has 2 aromatic rings. The van der Waals surface area contributed by atoms with Crippen LogP contribution in [0.5, 0.6) is 11.5 Å². The largest absolute Gasteiger partial charge is 0.484 e. The summed E-state index contributed by atoms with van der Waals surface area (Å²) in [5.41, 5.74) is 6.75. The number of hydrogen-bond donors (Lipinski definition) is 2. The molecule has 2 N–H and O–H groups in total. The Morgan fingerprint density at radius 3 is 2.52 bits per heavy atom. The lowest BCUT2D eigenvalue weighted by atomic mass is 10.2. The van der Waals surface area contributed by atoms with Gasteiger partial charge in [-0.2, -0.15) is 0 Å². The van der Waals surface area contributed by atoms with Crippen LogP contribution in [0.15, 0.2) is 46.9 Å². The first kappa shape index (κ1) is 20.8. The summed E-state index contributed by atoms with van der Waals surface area (Å²) in [6, 6.07) is 12.9. The summed E-state index contributed by atoms with van der Waals surface area (Å²) in [7, 11) is 0. The van der Waals surface area contributed by atoms with Crippen LogP contribution in [0.4, 0.5) is 0 Å². The molecule has 1 unspecified atom stereocenters. The van der Waals surface area contributed by atoms with Gasteiger partial charge in [-0.3, -0.25) is 20.4 Å². The van der Waals surface area contributed by atoms with E-state index in [1.165, 1.54) is 0 Å². The minimum atomic E-state index is -0.706. The molecule has 0 spiro atoms. The van der Waals surface area contributed by atoms with E-state index in [1.807, 2.05) is 51.1 Å². The zero-order valence-corrected chi connectivity index (χ0v) is 17.1. The molecule has 2 rings (SSSR count). The number of ether oxygens (including phenoxy) is 2. The highest BCUT2D eigenvalue weighted by Crippen LogP contribution is 2.21. The van der Waals surface area contributed by atoms with Gasteiger partial charge in [0.15, 0.2) is 12.7 Å². The molecule has 0 aromatic heterocycles. The number of nitrogens with one attached hydrogen (secondary N) is 2. The normalized spacial score (nSPS) is 11.4. The van der Waals surface area contributed by atoms with Gasteiger partial charge in [-0.05, 0) is 61.7 Å². The summed E-state index contributed by atoms with van der Waals surface area (Å²) >= 11 is 3.40. The zero-order chi connectivity index (χ0) is 19.8. The van der Waals surface area contributed by atoms with Gasteiger partial charge in [-0.1, -0.05) is 35.0 Å². The molecule has 2 amide bonds. The van der Waals surface area contributed by atoms with Crippen LogP contribution in [0.3, 0.4) is 0 Å². The number of benzene rings is 2.